The lowest BCUT2D eigenvalue weighted by molar-refractivity contribution is 0.120. The number of aromatic nitrogens is 2. The van der Waals surface area contributed by atoms with Gasteiger partial charge in [0.15, 0.2) is 0 Å². The molecule has 0 spiro atoms. The Labute approximate surface area is 159 Å². The fraction of sp³-hybridized carbons (Fsp3) is 0.286. The molecule has 0 amide bonds. The van der Waals surface area contributed by atoms with Crippen LogP contribution in [-0.2, 0) is 13.1 Å². The average molecular weight is 367 g/mol. The normalized spacial score (nSPS) is 16.0. The van der Waals surface area contributed by atoms with Crippen LogP contribution in [0.25, 0.3) is 5.69 Å². The van der Waals surface area contributed by atoms with Gasteiger partial charge < -0.3 is 0 Å². The zero-order chi connectivity index (χ0) is 17.8. The van der Waals surface area contributed by atoms with Gasteiger partial charge in [-0.05, 0) is 35.9 Å². The van der Waals surface area contributed by atoms with Gasteiger partial charge in [-0.15, -0.1) is 0 Å². The van der Waals surface area contributed by atoms with Gasteiger partial charge >= 0.3 is 0 Å². The van der Waals surface area contributed by atoms with Crippen LogP contribution in [-0.4, -0.2) is 45.8 Å². The van der Waals surface area contributed by atoms with Crippen molar-refractivity contribution >= 4 is 11.6 Å². The van der Waals surface area contributed by atoms with Crippen molar-refractivity contribution in [1.82, 2.24) is 19.6 Å². The molecule has 4 nitrogen and oxygen atoms in total. The highest BCUT2D eigenvalue weighted by atomic mass is 35.5. The van der Waals surface area contributed by atoms with Gasteiger partial charge in [0.05, 0.1) is 11.4 Å². The van der Waals surface area contributed by atoms with Crippen LogP contribution in [0.5, 0.6) is 0 Å². The predicted molar refractivity (Wildman–Crippen MR) is 106 cm³/mol. The number of piperazine rings is 1. The van der Waals surface area contributed by atoms with Crippen molar-refractivity contribution in [2.45, 2.75) is 13.1 Å². The highest BCUT2D eigenvalue weighted by molar-refractivity contribution is 6.30. The first-order chi connectivity index (χ1) is 12.8. The Morgan fingerprint density at radius 3 is 2.27 bits per heavy atom. The third kappa shape index (κ3) is 4.15. The van der Waals surface area contributed by atoms with Crippen LogP contribution in [0.4, 0.5) is 0 Å². The maximum atomic E-state index is 6.10. The summed E-state index contributed by atoms with van der Waals surface area (Å²) in [7, 11) is 0. The molecule has 0 unspecified atom stereocenters. The topological polar surface area (TPSA) is 24.3 Å². The van der Waals surface area contributed by atoms with E-state index in [2.05, 4.69) is 57.4 Å². The molecule has 1 fully saturated rings. The fourth-order valence-corrected chi connectivity index (χ4v) is 3.69. The predicted octanol–water partition coefficient (Wildman–Crippen LogP) is 3.84. The minimum absolute atomic E-state index is 0.815. The standard InChI is InChI=1S/C21H23ClN4/c22-19-6-4-5-18(15-19)16-24-11-13-25(14-12-24)17-21-9-10-23-26(21)20-7-2-1-3-8-20/h1-10,15H,11-14,16-17H2. The lowest BCUT2D eigenvalue weighted by Crippen LogP contribution is -2.45. The first kappa shape index (κ1) is 17.3. The summed E-state index contributed by atoms with van der Waals surface area (Å²) >= 11 is 6.10. The maximum Gasteiger partial charge on any atom is 0.0649 e. The Balaban J connectivity index is 1.34. The molecule has 0 N–H and O–H groups in total. The molecule has 0 atom stereocenters. The summed E-state index contributed by atoms with van der Waals surface area (Å²) in [6.45, 7) is 6.19. The van der Waals surface area contributed by atoms with Crippen molar-refractivity contribution in [2.24, 2.45) is 0 Å². The Morgan fingerprint density at radius 1 is 0.808 bits per heavy atom. The van der Waals surface area contributed by atoms with E-state index in [1.807, 2.05) is 29.1 Å². The molecule has 4 rings (SSSR count). The third-order valence-corrected chi connectivity index (χ3v) is 5.10. The number of hydrogen-bond donors (Lipinski definition) is 0. The van der Waals surface area contributed by atoms with E-state index in [0.29, 0.717) is 0 Å². The molecule has 1 saturated heterocycles. The zero-order valence-corrected chi connectivity index (χ0v) is 15.5. The second-order valence-electron chi connectivity index (χ2n) is 6.75. The zero-order valence-electron chi connectivity index (χ0n) is 14.8. The molecule has 0 aliphatic carbocycles. The smallest absolute Gasteiger partial charge is 0.0649 e. The first-order valence-electron chi connectivity index (χ1n) is 9.05. The summed E-state index contributed by atoms with van der Waals surface area (Å²) in [5.41, 5.74) is 3.64. The van der Waals surface area contributed by atoms with Crippen molar-refractivity contribution in [1.29, 1.82) is 0 Å². The van der Waals surface area contributed by atoms with Crippen LogP contribution in [0.2, 0.25) is 5.02 Å². The molecule has 3 aromatic rings. The summed E-state index contributed by atoms with van der Waals surface area (Å²) in [6.07, 6.45) is 1.89. The first-order valence-corrected chi connectivity index (χ1v) is 9.43. The average Bonchev–Trinajstić information content (AvgIpc) is 3.12. The molecular weight excluding hydrogens is 344 g/mol. The summed E-state index contributed by atoms with van der Waals surface area (Å²) in [6, 6.07) is 20.6. The van der Waals surface area contributed by atoms with Crippen molar-refractivity contribution in [3.8, 4) is 5.69 Å². The quantitative estimate of drug-likeness (QED) is 0.685. The van der Waals surface area contributed by atoms with E-state index in [1.165, 1.54) is 11.3 Å². The van der Waals surface area contributed by atoms with Gasteiger partial charge in [-0.1, -0.05) is 41.9 Å². The molecule has 26 heavy (non-hydrogen) atoms. The minimum atomic E-state index is 0.815. The summed E-state index contributed by atoms with van der Waals surface area (Å²) in [5.74, 6) is 0. The SMILES string of the molecule is Clc1cccc(CN2CCN(Cc3ccnn3-c3ccccc3)CC2)c1. The van der Waals surface area contributed by atoms with E-state index in [4.69, 9.17) is 11.6 Å². The molecule has 2 heterocycles. The molecule has 1 aliphatic rings. The fourth-order valence-electron chi connectivity index (χ4n) is 3.48. The molecule has 1 aliphatic heterocycles. The van der Waals surface area contributed by atoms with Gasteiger partial charge in [0.2, 0.25) is 0 Å². The molecule has 1 aromatic heterocycles. The highest BCUT2D eigenvalue weighted by Crippen LogP contribution is 2.16. The van der Waals surface area contributed by atoms with Crippen LogP contribution in [0, 0.1) is 0 Å². The van der Waals surface area contributed by atoms with E-state index in [0.717, 1.165) is 50.0 Å². The number of hydrogen-bond acceptors (Lipinski definition) is 3. The summed E-state index contributed by atoms with van der Waals surface area (Å²) < 4.78 is 2.04. The van der Waals surface area contributed by atoms with E-state index >= 15 is 0 Å². The van der Waals surface area contributed by atoms with E-state index in [1.54, 1.807) is 0 Å². The number of benzene rings is 2. The van der Waals surface area contributed by atoms with Gasteiger partial charge in [0.25, 0.3) is 0 Å². The van der Waals surface area contributed by atoms with E-state index in [9.17, 15) is 0 Å². The largest absolute Gasteiger partial charge is 0.297 e. The Hall–Kier alpha value is -2.14. The minimum Gasteiger partial charge on any atom is -0.297 e. The van der Waals surface area contributed by atoms with Crippen LogP contribution in [0.15, 0.2) is 66.9 Å². The molecule has 2 aromatic carbocycles. The number of nitrogens with zero attached hydrogens (tertiary/aromatic N) is 4. The Kier molecular flexibility index (Phi) is 5.34. The van der Waals surface area contributed by atoms with Crippen molar-refractivity contribution < 1.29 is 0 Å². The van der Waals surface area contributed by atoms with E-state index in [-0.39, 0.29) is 0 Å². The molecule has 0 saturated carbocycles. The molecule has 0 bridgehead atoms. The Morgan fingerprint density at radius 2 is 1.54 bits per heavy atom. The van der Waals surface area contributed by atoms with Gasteiger partial charge in [-0.2, -0.15) is 5.10 Å². The monoisotopic (exact) mass is 366 g/mol. The lowest BCUT2D eigenvalue weighted by atomic mass is 10.2. The lowest BCUT2D eigenvalue weighted by Gasteiger charge is -2.34. The van der Waals surface area contributed by atoms with Gasteiger partial charge in [0, 0.05) is 50.5 Å². The van der Waals surface area contributed by atoms with Gasteiger partial charge in [0.1, 0.15) is 0 Å². The van der Waals surface area contributed by atoms with Crippen LogP contribution < -0.4 is 0 Å². The highest BCUT2D eigenvalue weighted by Gasteiger charge is 2.18. The van der Waals surface area contributed by atoms with Crippen LogP contribution >= 0.6 is 11.6 Å². The van der Waals surface area contributed by atoms with E-state index < -0.39 is 0 Å². The summed E-state index contributed by atoms with van der Waals surface area (Å²) in [4.78, 5) is 5.00. The molecule has 5 heteroatoms. The Bertz CT molecular complexity index is 838. The molecular formula is C21H23ClN4. The van der Waals surface area contributed by atoms with Gasteiger partial charge in [-0.25, -0.2) is 4.68 Å². The second-order valence-corrected chi connectivity index (χ2v) is 7.19. The van der Waals surface area contributed by atoms with Crippen LogP contribution in [0.3, 0.4) is 0 Å². The maximum absolute atomic E-state index is 6.10. The van der Waals surface area contributed by atoms with Gasteiger partial charge in [-0.3, -0.25) is 9.80 Å². The number of para-hydroxylation sites is 1. The van der Waals surface area contributed by atoms with Crippen molar-refractivity contribution in [3.05, 3.63) is 83.1 Å². The summed E-state index contributed by atoms with van der Waals surface area (Å²) in [5, 5.41) is 5.31. The third-order valence-electron chi connectivity index (χ3n) is 4.87. The van der Waals surface area contributed by atoms with Crippen LogP contribution in [0.1, 0.15) is 11.3 Å². The van der Waals surface area contributed by atoms with Crippen molar-refractivity contribution in [2.75, 3.05) is 26.2 Å². The second kappa shape index (κ2) is 8.04. The number of rotatable bonds is 5. The molecule has 0 radical (unpaired) electrons. The number of halogens is 1. The molecule has 134 valence electrons. The van der Waals surface area contributed by atoms with Crippen molar-refractivity contribution in [3.63, 3.8) is 0 Å².